The van der Waals surface area contributed by atoms with E-state index in [1.54, 1.807) is 0 Å². The van der Waals surface area contributed by atoms with Gasteiger partial charge in [-0.1, -0.05) is 0 Å². The summed E-state index contributed by atoms with van der Waals surface area (Å²) in [5, 5.41) is 12.0. The molecule has 1 aromatic carbocycles. The lowest BCUT2D eigenvalue weighted by atomic mass is 10.00. The molecule has 0 bridgehead atoms. The van der Waals surface area contributed by atoms with Crippen molar-refractivity contribution in [3.05, 3.63) is 46.7 Å². The van der Waals surface area contributed by atoms with Crippen LogP contribution >= 0.6 is 11.3 Å². The second-order valence-corrected chi connectivity index (χ2v) is 9.14. The molecule has 148 valence electrons. The van der Waals surface area contributed by atoms with E-state index in [-0.39, 0.29) is 23.1 Å². The molecule has 1 saturated heterocycles. The lowest BCUT2D eigenvalue weighted by Gasteiger charge is -2.30. The van der Waals surface area contributed by atoms with Crippen molar-refractivity contribution in [1.82, 2.24) is 14.5 Å². The number of aromatic nitrogens is 2. The van der Waals surface area contributed by atoms with Gasteiger partial charge in [-0.15, -0.1) is 10.2 Å². The Kier molecular flexibility index (Phi) is 5.17. The van der Waals surface area contributed by atoms with Crippen LogP contribution < -0.4 is 4.74 Å². The molecule has 2 aromatic heterocycles. The van der Waals surface area contributed by atoms with Gasteiger partial charge in [0.05, 0.1) is 13.0 Å². The Hall–Kier alpha value is -2.30. The van der Waals surface area contributed by atoms with Crippen LogP contribution in [0.25, 0.3) is 11.5 Å². The highest BCUT2D eigenvalue weighted by atomic mass is 32.2. The SMILES string of the molecule is COc1ccc(F)cc1S(=O)(=O)N1CCC[C@@H](c2nnc(-c3ccsc3)o2)C1. The van der Waals surface area contributed by atoms with E-state index in [0.717, 1.165) is 18.1 Å². The van der Waals surface area contributed by atoms with Gasteiger partial charge in [0.25, 0.3) is 0 Å². The molecule has 0 aliphatic carbocycles. The van der Waals surface area contributed by atoms with Gasteiger partial charge in [0.15, 0.2) is 0 Å². The van der Waals surface area contributed by atoms with Gasteiger partial charge >= 0.3 is 0 Å². The van der Waals surface area contributed by atoms with Crippen molar-refractivity contribution in [2.75, 3.05) is 20.2 Å². The molecule has 0 unspecified atom stereocenters. The lowest BCUT2D eigenvalue weighted by molar-refractivity contribution is 0.285. The number of hydrogen-bond donors (Lipinski definition) is 0. The van der Waals surface area contributed by atoms with Crippen molar-refractivity contribution >= 4 is 21.4 Å². The van der Waals surface area contributed by atoms with Crippen molar-refractivity contribution in [2.45, 2.75) is 23.7 Å². The molecule has 1 atom stereocenters. The number of hydrogen-bond acceptors (Lipinski definition) is 7. The van der Waals surface area contributed by atoms with Crippen molar-refractivity contribution < 1.29 is 22.0 Å². The van der Waals surface area contributed by atoms with E-state index in [4.69, 9.17) is 9.15 Å². The first-order valence-corrected chi connectivity index (χ1v) is 11.1. The molecule has 10 heteroatoms. The van der Waals surface area contributed by atoms with E-state index in [0.29, 0.717) is 24.7 Å². The van der Waals surface area contributed by atoms with Gasteiger partial charge in [-0.2, -0.15) is 15.6 Å². The first kappa shape index (κ1) is 19.0. The average molecular weight is 423 g/mol. The van der Waals surface area contributed by atoms with Crippen LogP contribution in [0.3, 0.4) is 0 Å². The van der Waals surface area contributed by atoms with Gasteiger partial charge in [-0.05, 0) is 42.5 Å². The number of piperidine rings is 1. The van der Waals surface area contributed by atoms with E-state index in [1.165, 1.54) is 34.9 Å². The summed E-state index contributed by atoms with van der Waals surface area (Å²) in [4.78, 5) is -0.180. The molecule has 0 spiro atoms. The summed E-state index contributed by atoms with van der Waals surface area (Å²) in [6.07, 6.45) is 1.37. The number of ether oxygens (including phenoxy) is 1. The van der Waals surface area contributed by atoms with Crippen LogP contribution in [0.5, 0.6) is 5.75 Å². The summed E-state index contributed by atoms with van der Waals surface area (Å²) >= 11 is 1.53. The number of methoxy groups -OCH3 is 1. The Morgan fingerprint density at radius 2 is 2.18 bits per heavy atom. The quantitative estimate of drug-likeness (QED) is 0.624. The highest BCUT2D eigenvalue weighted by Crippen LogP contribution is 2.34. The van der Waals surface area contributed by atoms with E-state index < -0.39 is 15.8 Å². The van der Waals surface area contributed by atoms with E-state index in [2.05, 4.69) is 10.2 Å². The number of benzene rings is 1. The molecule has 4 rings (SSSR count). The van der Waals surface area contributed by atoms with Gasteiger partial charge in [0, 0.05) is 24.0 Å². The molecule has 0 saturated carbocycles. The topological polar surface area (TPSA) is 85.5 Å². The third-order valence-electron chi connectivity index (χ3n) is 4.69. The molecule has 0 amide bonds. The molecule has 1 aliphatic heterocycles. The Morgan fingerprint density at radius 3 is 2.93 bits per heavy atom. The molecular weight excluding hydrogens is 405 g/mol. The van der Waals surface area contributed by atoms with E-state index in [9.17, 15) is 12.8 Å². The molecule has 1 fully saturated rings. The minimum atomic E-state index is -3.92. The van der Waals surface area contributed by atoms with Gasteiger partial charge in [0.2, 0.25) is 21.8 Å². The maximum Gasteiger partial charge on any atom is 0.248 e. The van der Waals surface area contributed by atoms with Crippen molar-refractivity contribution in [1.29, 1.82) is 0 Å². The van der Waals surface area contributed by atoms with E-state index in [1.807, 2.05) is 16.8 Å². The second-order valence-electron chi connectivity index (χ2n) is 6.45. The molecule has 7 nitrogen and oxygen atoms in total. The number of rotatable bonds is 5. The molecule has 3 aromatic rings. The summed E-state index contributed by atoms with van der Waals surface area (Å²) in [5.74, 6) is 0.0876. The fraction of sp³-hybridized carbons (Fsp3) is 0.333. The number of halogens is 1. The summed E-state index contributed by atoms with van der Waals surface area (Å²) in [6, 6.07) is 5.35. The number of thiophene rings is 1. The molecule has 28 heavy (non-hydrogen) atoms. The highest BCUT2D eigenvalue weighted by Gasteiger charge is 2.35. The standard InChI is InChI=1S/C18H18FN3O4S2/c1-25-15-5-4-14(19)9-16(15)28(23,24)22-7-2-3-12(10-22)17-20-21-18(26-17)13-6-8-27-11-13/h4-6,8-9,11-12H,2-3,7,10H2,1H3/t12-/m1/s1. The van der Waals surface area contributed by atoms with Crippen LogP contribution in [0.4, 0.5) is 4.39 Å². The number of sulfonamides is 1. The summed E-state index contributed by atoms with van der Waals surface area (Å²) in [5.41, 5.74) is 0.841. The molecule has 1 aliphatic rings. The number of nitrogens with zero attached hydrogens (tertiary/aromatic N) is 3. The Bertz CT molecular complexity index is 1070. The fourth-order valence-electron chi connectivity index (χ4n) is 3.26. The molecule has 3 heterocycles. The monoisotopic (exact) mass is 423 g/mol. The summed E-state index contributed by atoms with van der Waals surface area (Å²) < 4.78 is 52.1. The Labute approximate surface area is 165 Å². The predicted octanol–water partition coefficient (Wildman–Crippen LogP) is 3.51. The summed E-state index contributed by atoms with van der Waals surface area (Å²) in [6.45, 7) is 0.525. The fourth-order valence-corrected chi connectivity index (χ4v) is 5.58. The van der Waals surface area contributed by atoms with Crippen LogP contribution in [-0.2, 0) is 10.0 Å². The van der Waals surface area contributed by atoms with Gasteiger partial charge < -0.3 is 9.15 Å². The van der Waals surface area contributed by atoms with Crippen LogP contribution in [0.15, 0.2) is 44.3 Å². The van der Waals surface area contributed by atoms with Crippen molar-refractivity contribution in [3.8, 4) is 17.2 Å². The summed E-state index contributed by atoms with van der Waals surface area (Å²) in [7, 11) is -2.57. The van der Waals surface area contributed by atoms with Crippen LogP contribution in [-0.4, -0.2) is 43.1 Å². The third-order valence-corrected chi connectivity index (χ3v) is 7.26. The highest BCUT2D eigenvalue weighted by molar-refractivity contribution is 7.89. The van der Waals surface area contributed by atoms with E-state index >= 15 is 0 Å². The maximum atomic E-state index is 13.7. The van der Waals surface area contributed by atoms with Gasteiger partial charge in [-0.3, -0.25) is 0 Å². The first-order valence-electron chi connectivity index (χ1n) is 8.68. The van der Waals surface area contributed by atoms with Crippen LogP contribution in [0.2, 0.25) is 0 Å². The molecular formula is C18H18FN3O4S2. The Balaban J connectivity index is 1.59. The second kappa shape index (κ2) is 7.61. The average Bonchev–Trinajstić information content (AvgIpc) is 3.40. The minimum absolute atomic E-state index is 0.112. The predicted molar refractivity (Wildman–Crippen MR) is 101 cm³/mol. The van der Waals surface area contributed by atoms with Crippen LogP contribution in [0, 0.1) is 5.82 Å². The normalized spacial score (nSPS) is 18.3. The first-order chi connectivity index (χ1) is 13.5. The maximum absolute atomic E-state index is 13.7. The zero-order chi connectivity index (χ0) is 19.7. The van der Waals surface area contributed by atoms with Crippen molar-refractivity contribution in [2.24, 2.45) is 0 Å². The minimum Gasteiger partial charge on any atom is -0.495 e. The lowest BCUT2D eigenvalue weighted by Crippen LogP contribution is -2.39. The van der Waals surface area contributed by atoms with Crippen LogP contribution in [0.1, 0.15) is 24.7 Å². The largest absolute Gasteiger partial charge is 0.495 e. The molecule has 0 N–H and O–H groups in total. The third kappa shape index (κ3) is 3.54. The molecule has 0 radical (unpaired) electrons. The Morgan fingerprint density at radius 1 is 1.32 bits per heavy atom. The van der Waals surface area contributed by atoms with Gasteiger partial charge in [0.1, 0.15) is 16.5 Å². The van der Waals surface area contributed by atoms with Gasteiger partial charge in [-0.25, -0.2) is 12.8 Å². The van der Waals surface area contributed by atoms with Crippen molar-refractivity contribution in [3.63, 3.8) is 0 Å². The zero-order valence-electron chi connectivity index (χ0n) is 15.0. The smallest absolute Gasteiger partial charge is 0.248 e. The zero-order valence-corrected chi connectivity index (χ0v) is 16.7.